The largest absolute Gasteiger partial charge is 0.381 e. The highest BCUT2D eigenvalue weighted by atomic mass is 79.9. The first-order chi connectivity index (χ1) is 8.51. The van der Waals surface area contributed by atoms with E-state index in [1.165, 1.54) is 0 Å². The van der Waals surface area contributed by atoms with Crippen LogP contribution in [0.25, 0.3) is 0 Å². The van der Waals surface area contributed by atoms with Gasteiger partial charge in [-0.15, -0.1) is 0 Å². The molecule has 0 saturated carbocycles. The van der Waals surface area contributed by atoms with Crippen molar-refractivity contribution in [3.63, 3.8) is 0 Å². The van der Waals surface area contributed by atoms with Crippen molar-refractivity contribution in [3.8, 4) is 0 Å². The van der Waals surface area contributed by atoms with Gasteiger partial charge in [-0.2, -0.15) is 0 Å². The van der Waals surface area contributed by atoms with Gasteiger partial charge in [0.1, 0.15) is 10.1 Å². The molecule has 2 rings (SSSR count). The molecule has 0 aliphatic carbocycles. The summed E-state index contributed by atoms with van der Waals surface area (Å²) < 4.78 is 5.97. The zero-order valence-corrected chi connectivity index (χ0v) is 11.8. The van der Waals surface area contributed by atoms with Crippen LogP contribution < -0.4 is 11.1 Å². The van der Waals surface area contributed by atoms with Crippen molar-refractivity contribution >= 4 is 27.5 Å². The summed E-state index contributed by atoms with van der Waals surface area (Å²) in [6.07, 6.45) is 1.09. The number of aryl methyl sites for hydroxylation is 1. The van der Waals surface area contributed by atoms with Crippen LogP contribution in [0.2, 0.25) is 0 Å². The molecule has 5 nitrogen and oxygen atoms in total. The first-order valence-corrected chi connectivity index (χ1v) is 6.62. The van der Waals surface area contributed by atoms with Gasteiger partial charge in [0.05, 0.1) is 11.4 Å². The first-order valence-electron chi connectivity index (χ1n) is 5.82. The Morgan fingerprint density at radius 2 is 2.17 bits per heavy atom. The number of anilines is 1. The fourth-order valence-electron chi connectivity index (χ4n) is 1.87. The zero-order valence-electron chi connectivity index (χ0n) is 10.2. The molecular weight excluding hydrogens is 298 g/mol. The summed E-state index contributed by atoms with van der Waals surface area (Å²) in [6.45, 7) is 2.90. The summed E-state index contributed by atoms with van der Waals surface area (Å²) in [6, 6.07) is 3.60. The number of amides is 1. The Morgan fingerprint density at radius 3 is 2.78 bits per heavy atom. The van der Waals surface area contributed by atoms with Crippen molar-refractivity contribution in [2.24, 2.45) is 5.73 Å². The third-order valence-corrected chi connectivity index (χ3v) is 3.58. The van der Waals surface area contributed by atoms with Crippen LogP contribution in [0.4, 0.5) is 5.69 Å². The average molecular weight is 314 g/mol. The molecule has 0 aromatic carbocycles. The Hall–Kier alpha value is -0.980. The minimum atomic E-state index is -0.836. The molecule has 18 heavy (non-hydrogen) atoms. The van der Waals surface area contributed by atoms with Gasteiger partial charge >= 0.3 is 0 Å². The molecule has 3 N–H and O–H groups in total. The van der Waals surface area contributed by atoms with Crippen LogP contribution in [0, 0.1) is 6.92 Å². The lowest BCUT2D eigenvalue weighted by molar-refractivity contribution is -0.124. The molecule has 1 amide bonds. The Kier molecular flexibility index (Phi) is 3.99. The number of ether oxygens (including phenoxy) is 1. The van der Waals surface area contributed by atoms with Gasteiger partial charge in [-0.05, 0) is 47.8 Å². The van der Waals surface area contributed by atoms with E-state index in [9.17, 15) is 4.79 Å². The predicted octanol–water partition coefficient (Wildman–Crippen LogP) is 1.60. The van der Waals surface area contributed by atoms with Gasteiger partial charge in [0.2, 0.25) is 5.91 Å². The molecule has 1 aromatic rings. The second kappa shape index (κ2) is 5.34. The van der Waals surface area contributed by atoms with Gasteiger partial charge in [-0.25, -0.2) is 4.98 Å². The van der Waals surface area contributed by atoms with Crippen LogP contribution in [0.15, 0.2) is 16.7 Å². The van der Waals surface area contributed by atoms with Crippen LogP contribution in [0.3, 0.4) is 0 Å². The first kappa shape index (κ1) is 13.5. The Morgan fingerprint density at radius 1 is 1.50 bits per heavy atom. The van der Waals surface area contributed by atoms with Crippen molar-refractivity contribution in [1.29, 1.82) is 0 Å². The quantitative estimate of drug-likeness (QED) is 0.813. The highest BCUT2D eigenvalue weighted by molar-refractivity contribution is 9.10. The molecule has 0 radical (unpaired) electrons. The molecule has 0 bridgehead atoms. The number of rotatable bonds is 2. The van der Waals surface area contributed by atoms with E-state index in [2.05, 4.69) is 26.2 Å². The van der Waals surface area contributed by atoms with Gasteiger partial charge < -0.3 is 15.8 Å². The maximum Gasteiger partial charge on any atom is 0.244 e. The highest BCUT2D eigenvalue weighted by Gasteiger charge is 2.36. The summed E-state index contributed by atoms with van der Waals surface area (Å²) in [5, 5.41) is 2.84. The molecule has 1 fully saturated rings. The second-order valence-electron chi connectivity index (χ2n) is 4.49. The standard InChI is InChI=1S/C12H16BrN3O2/c1-8-9(2-3-10(13)15-8)16-11(17)12(14)4-6-18-7-5-12/h2-3H,4-7,14H2,1H3,(H,16,17). The molecule has 0 unspecified atom stereocenters. The molecular formula is C12H16BrN3O2. The van der Waals surface area contributed by atoms with Gasteiger partial charge in [0, 0.05) is 13.2 Å². The number of nitrogens with zero attached hydrogens (tertiary/aromatic N) is 1. The summed E-state index contributed by atoms with van der Waals surface area (Å²) in [4.78, 5) is 16.4. The average Bonchev–Trinajstić information content (AvgIpc) is 2.33. The van der Waals surface area contributed by atoms with E-state index in [1.807, 2.05) is 13.0 Å². The Labute approximate surface area is 114 Å². The number of carbonyl (C=O) groups excluding carboxylic acids is 1. The molecule has 98 valence electrons. The summed E-state index contributed by atoms with van der Waals surface area (Å²) in [5.41, 5.74) is 6.72. The monoisotopic (exact) mass is 313 g/mol. The van der Waals surface area contributed by atoms with E-state index in [1.54, 1.807) is 6.07 Å². The number of pyridine rings is 1. The maximum absolute atomic E-state index is 12.2. The highest BCUT2D eigenvalue weighted by Crippen LogP contribution is 2.22. The molecule has 0 spiro atoms. The number of nitrogens with one attached hydrogen (secondary N) is 1. The summed E-state index contributed by atoms with van der Waals surface area (Å²) in [7, 11) is 0. The van der Waals surface area contributed by atoms with Crippen molar-refractivity contribution in [2.75, 3.05) is 18.5 Å². The van der Waals surface area contributed by atoms with E-state index in [0.717, 1.165) is 10.3 Å². The lowest BCUT2D eigenvalue weighted by Gasteiger charge is -2.31. The van der Waals surface area contributed by atoms with E-state index in [0.29, 0.717) is 31.7 Å². The van der Waals surface area contributed by atoms with E-state index < -0.39 is 5.54 Å². The maximum atomic E-state index is 12.2. The predicted molar refractivity (Wildman–Crippen MR) is 72.3 cm³/mol. The van der Waals surface area contributed by atoms with Crippen LogP contribution in [0.1, 0.15) is 18.5 Å². The number of halogens is 1. The molecule has 6 heteroatoms. The number of hydrogen-bond acceptors (Lipinski definition) is 4. The second-order valence-corrected chi connectivity index (χ2v) is 5.30. The molecule has 0 atom stereocenters. The number of hydrogen-bond donors (Lipinski definition) is 2. The van der Waals surface area contributed by atoms with Crippen LogP contribution in [-0.2, 0) is 9.53 Å². The summed E-state index contributed by atoms with van der Waals surface area (Å²) in [5.74, 6) is -0.168. The lowest BCUT2D eigenvalue weighted by atomic mass is 9.90. The van der Waals surface area contributed by atoms with Crippen molar-refractivity contribution < 1.29 is 9.53 Å². The molecule has 1 aliphatic rings. The fourth-order valence-corrected chi connectivity index (χ4v) is 2.27. The lowest BCUT2D eigenvalue weighted by Crippen LogP contribution is -2.54. The van der Waals surface area contributed by atoms with Gasteiger partial charge in [-0.1, -0.05) is 0 Å². The normalized spacial score (nSPS) is 18.4. The van der Waals surface area contributed by atoms with Crippen LogP contribution in [-0.4, -0.2) is 29.6 Å². The zero-order chi connectivity index (χ0) is 13.2. The fraction of sp³-hybridized carbons (Fsp3) is 0.500. The van der Waals surface area contributed by atoms with E-state index in [4.69, 9.17) is 10.5 Å². The Balaban J connectivity index is 2.11. The van der Waals surface area contributed by atoms with E-state index in [-0.39, 0.29) is 5.91 Å². The van der Waals surface area contributed by atoms with E-state index >= 15 is 0 Å². The van der Waals surface area contributed by atoms with Gasteiger partial charge in [0.15, 0.2) is 0 Å². The minimum absolute atomic E-state index is 0.168. The molecule has 1 saturated heterocycles. The van der Waals surface area contributed by atoms with Crippen molar-refractivity contribution in [1.82, 2.24) is 4.98 Å². The topological polar surface area (TPSA) is 77.2 Å². The minimum Gasteiger partial charge on any atom is -0.381 e. The number of carbonyl (C=O) groups is 1. The van der Waals surface area contributed by atoms with Crippen molar-refractivity contribution in [3.05, 3.63) is 22.4 Å². The molecule has 1 aliphatic heterocycles. The Bertz CT molecular complexity index is 459. The van der Waals surface area contributed by atoms with Crippen molar-refractivity contribution in [2.45, 2.75) is 25.3 Å². The third kappa shape index (κ3) is 2.88. The third-order valence-electron chi connectivity index (χ3n) is 3.14. The SMILES string of the molecule is Cc1nc(Br)ccc1NC(=O)C1(N)CCOCC1. The molecule has 2 heterocycles. The van der Waals surface area contributed by atoms with Gasteiger partial charge in [0.25, 0.3) is 0 Å². The summed E-state index contributed by atoms with van der Waals surface area (Å²) >= 11 is 3.28. The van der Waals surface area contributed by atoms with Crippen LogP contribution in [0.5, 0.6) is 0 Å². The number of aromatic nitrogens is 1. The van der Waals surface area contributed by atoms with Gasteiger partial charge in [-0.3, -0.25) is 4.79 Å². The number of nitrogens with two attached hydrogens (primary N) is 1. The van der Waals surface area contributed by atoms with Crippen LogP contribution >= 0.6 is 15.9 Å². The molecule has 1 aromatic heterocycles. The smallest absolute Gasteiger partial charge is 0.244 e.